The fourth-order valence-electron chi connectivity index (χ4n) is 2.36. The molecule has 0 spiro atoms. The van der Waals surface area contributed by atoms with Crippen molar-refractivity contribution in [3.8, 4) is 11.5 Å². The van der Waals surface area contributed by atoms with Crippen molar-refractivity contribution >= 4 is 17.3 Å². The van der Waals surface area contributed by atoms with E-state index in [0.717, 1.165) is 18.2 Å². The number of rotatable bonds is 8. The van der Waals surface area contributed by atoms with Crippen LogP contribution in [0.1, 0.15) is 6.92 Å². The molecule has 2 saturated heterocycles. The van der Waals surface area contributed by atoms with E-state index in [1.165, 1.54) is 25.1 Å². The fourth-order valence-corrected chi connectivity index (χ4v) is 2.36. The van der Waals surface area contributed by atoms with Gasteiger partial charge in [-0.3, -0.25) is 14.9 Å². The quantitative estimate of drug-likeness (QED) is 0.383. The minimum atomic E-state index is -0.609. The van der Waals surface area contributed by atoms with Gasteiger partial charge in [-0.05, 0) is 18.2 Å². The van der Waals surface area contributed by atoms with Gasteiger partial charge >= 0.3 is 5.69 Å². The first-order chi connectivity index (χ1) is 14.8. The number of nitro benzene ring substituents is 1. The average Bonchev–Trinajstić information content (AvgIpc) is 3.61. The Morgan fingerprint density at radius 1 is 1.06 bits per heavy atom. The van der Waals surface area contributed by atoms with Crippen molar-refractivity contribution in [3.05, 3.63) is 58.1 Å². The molecular weight excluding hydrogens is 418 g/mol. The number of anilines is 1. The second kappa shape index (κ2) is 10.1. The predicted molar refractivity (Wildman–Crippen MR) is 104 cm³/mol. The molecule has 31 heavy (non-hydrogen) atoms. The Morgan fingerprint density at radius 3 is 2.10 bits per heavy atom. The van der Waals surface area contributed by atoms with Crippen LogP contribution in [0.3, 0.4) is 0 Å². The molecule has 0 bridgehead atoms. The SMILES string of the molecule is CC(=O)Nc1ccc(F)cc1OC[C@@H]1CO1.O=[N+]([O-])c1ccc(F)cc1OC[C@@H]1CO1. The van der Waals surface area contributed by atoms with Crippen molar-refractivity contribution in [2.24, 2.45) is 0 Å². The van der Waals surface area contributed by atoms with Crippen molar-refractivity contribution in [2.75, 3.05) is 31.7 Å². The number of nitrogens with one attached hydrogen (secondary N) is 1. The highest BCUT2D eigenvalue weighted by Gasteiger charge is 2.25. The number of nitrogens with zero attached hydrogens (tertiary/aromatic N) is 1. The molecule has 0 unspecified atom stereocenters. The number of hydrogen-bond acceptors (Lipinski definition) is 7. The molecule has 2 atom stereocenters. The molecule has 2 aliphatic heterocycles. The Bertz CT molecular complexity index is 949. The van der Waals surface area contributed by atoms with E-state index in [-0.39, 0.29) is 36.2 Å². The molecule has 4 rings (SSSR count). The van der Waals surface area contributed by atoms with Gasteiger partial charge in [0.15, 0.2) is 5.75 Å². The second-order valence-electron chi connectivity index (χ2n) is 6.72. The Labute approximate surface area is 176 Å². The lowest BCUT2D eigenvalue weighted by molar-refractivity contribution is -0.385. The molecule has 11 heteroatoms. The van der Waals surface area contributed by atoms with E-state index in [9.17, 15) is 23.7 Å². The maximum absolute atomic E-state index is 13.0. The molecule has 0 aliphatic carbocycles. The van der Waals surface area contributed by atoms with E-state index in [2.05, 4.69) is 5.32 Å². The lowest BCUT2D eigenvalue weighted by Gasteiger charge is -2.10. The molecule has 9 nitrogen and oxygen atoms in total. The zero-order valence-corrected chi connectivity index (χ0v) is 16.5. The Kier molecular flexibility index (Phi) is 7.32. The van der Waals surface area contributed by atoms with Crippen LogP contribution >= 0.6 is 0 Å². The van der Waals surface area contributed by atoms with Crippen molar-refractivity contribution < 1.29 is 37.4 Å². The van der Waals surface area contributed by atoms with Crippen LogP contribution in [0.15, 0.2) is 36.4 Å². The largest absolute Gasteiger partial charge is 0.488 e. The molecule has 1 amide bonds. The van der Waals surface area contributed by atoms with Gasteiger partial charge in [0.2, 0.25) is 5.91 Å². The summed E-state index contributed by atoms with van der Waals surface area (Å²) >= 11 is 0. The first kappa shape index (κ1) is 22.4. The number of nitro groups is 1. The van der Waals surface area contributed by atoms with Crippen LogP contribution in [-0.2, 0) is 14.3 Å². The molecule has 2 fully saturated rings. The Balaban J connectivity index is 0.000000176. The summed E-state index contributed by atoms with van der Waals surface area (Å²) in [5.74, 6) is -0.923. The van der Waals surface area contributed by atoms with Crippen molar-refractivity contribution in [2.45, 2.75) is 19.1 Å². The maximum atomic E-state index is 13.0. The number of ether oxygens (including phenoxy) is 4. The summed E-state index contributed by atoms with van der Waals surface area (Å²) in [6, 6.07) is 7.09. The van der Waals surface area contributed by atoms with Gasteiger partial charge in [0.05, 0.1) is 23.8 Å². The van der Waals surface area contributed by atoms with Gasteiger partial charge < -0.3 is 24.3 Å². The van der Waals surface area contributed by atoms with Gasteiger partial charge in [-0.2, -0.15) is 0 Å². The monoisotopic (exact) mass is 438 g/mol. The number of halogens is 2. The Hall–Kier alpha value is -3.31. The number of carbonyl (C=O) groups is 1. The van der Waals surface area contributed by atoms with Gasteiger partial charge in [0.25, 0.3) is 0 Å². The second-order valence-corrected chi connectivity index (χ2v) is 6.72. The standard InChI is InChI=1S/C11H12FNO3.C9H8FNO4/c1-7(14)13-10-3-2-8(12)4-11(10)16-6-9-5-15-9;10-6-1-2-8(11(12)13)9(3-6)15-5-7-4-14-7/h2-4,9H,5-6H2,1H3,(H,13,14);1-3,7H,4-5H2/t9-;7-/m00/s1. The molecule has 2 aromatic carbocycles. The molecule has 0 aromatic heterocycles. The minimum absolute atomic E-state index is 0.0205. The van der Waals surface area contributed by atoms with Crippen LogP contribution in [0.5, 0.6) is 11.5 Å². The van der Waals surface area contributed by atoms with E-state index in [4.69, 9.17) is 18.9 Å². The third-order valence-corrected chi connectivity index (χ3v) is 4.03. The molecular formula is C20H20F2N2O7. The van der Waals surface area contributed by atoms with E-state index in [1.807, 2.05) is 0 Å². The number of carbonyl (C=O) groups excluding carboxylic acids is 1. The van der Waals surface area contributed by atoms with Gasteiger partial charge in [-0.15, -0.1) is 0 Å². The van der Waals surface area contributed by atoms with E-state index >= 15 is 0 Å². The molecule has 0 saturated carbocycles. The van der Waals surface area contributed by atoms with Gasteiger partial charge in [-0.25, -0.2) is 8.78 Å². The highest BCUT2D eigenvalue weighted by Crippen LogP contribution is 2.28. The number of hydrogen-bond donors (Lipinski definition) is 1. The third kappa shape index (κ3) is 7.46. The molecule has 2 aromatic rings. The van der Waals surface area contributed by atoms with Gasteiger partial charge in [-0.1, -0.05) is 0 Å². The average molecular weight is 438 g/mol. The summed E-state index contributed by atoms with van der Waals surface area (Å²) in [6.07, 6.45) is 0.0707. The first-order valence-electron chi connectivity index (χ1n) is 9.31. The molecule has 1 N–H and O–H groups in total. The third-order valence-electron chi connectivity index (χ3n) is 4.03. The van der Waals surface area contributed by atoms with Crippen LogP contribution in [0.4, 0.5) is 20.2 Å². The molecule has 166 valence electrons. The number of benzene rings is 2. The number of epoxide rings is 2. The zero-order chi connectivity index (χ0) is 22.4. The van der Waals surface area contributed by atoms with Crippen LogP contribution < -0.4 is 14.8 Å². The molecule has 0 radical (unpaired) electrons. The molecule has 2 aliphatic rings. The maximum Gasteiger partial charge on any atom is 0.311 e. The summed E-state index contributed by atoms with van der Waals surface area (Å²) in [6.45, 7) is 3.23. The fraction of sp³-hybridized carbons (Fsp3) is 0.350. The number of amides is 1. The van der Waals surface area contributed by atoms with Crippen molar-refractivity contribution in [1.29, 1.82) is 0 Å². The van der Waals surface area contributed by atoms with Crippen molar-refractivity contribution in [3.63, 3.8) is 0 Å². The van der Waals surface area contributed by atoms with Crippen molar-refractivity contribution in [1.82, 2.24) is 0 Å². The smallest absolute Gasteiger partial charge is 0.311 e. The first-order valence-corrected chi connectivity index (χ1v) is 9.31. The minimum Gasteiger partial charge on any atom is -0.488 e. The van der Waals surface area contributed by atoms with E-state index in [0.29, 0.717) is 31.3 Å². The van der Waals surface area contributed by atoms with E-state index in [1.54, 1.807) is 0 Å². The van der Waals surface area contributed by atoms with E-state index < -0.39 is 16.6 Å². The van der Waals surface area contributed by atoms with Gasteiger partial charge in [0, 0.05) is 25.1 Å². The van der Waals surface area contributed by atoms with Crippen LogP contribution in [-0.4, -0.2) is 49.5 Å². The van der Waals surface area contributed by atoms with Crippen LogP contribution in [0.2, 0.25) is 0 Å². The molecule has 2 heterocycles. The topological polar surface area (TPSA) is 116 Å². The highest BCUT2D eigenvalue weighted by molar-refractivity contribution is 5.90. The lowest BCUT2D eigenvalue weighted by atomic mass is 10.3. The van der Waals surface area contributed by atoms with Gasteiger partial charge in [0.1, 0.15) is 42.8 Å². The summed E-state index contributed by atoms with van der Waals surface area (Å²) in [4.78, 5) is 20.9. The zero-order valence-electron chi connectivity index (χ0n) is 16.5. The summed E-state index contributed by atoms with van der Waals surface area (Å²) in [5, 5.41) is 13.1. The van der Waals surface area contributed by atoms with Crippen LogP contribution in [0.25, 0.3) is 0 Å². The summed E-state index contributed by atoms with van der Waals surface area (Å²) < 4.78 is 46.1. The Morgan fingerprint density at radius 2 is 1.58 bits per heavy atom. The van der Waals surface area contributed by atoms with Crippen LogP contribution in [0, 0.1) is 21.7 Å². The summed E-state index contributed by atoms with van der Waals surface area (Å²) in [5.41, 5.74) is 0.228. The normalized spacial score (nSPS) is 18.3. The highest BCUT2D eigenvalue weighted by atomic mass is 19.1. The lowest BCUT2D eigenvalue weighted by Crippen LogP contribution is -2.10. The summed E-state index contributed by atoms with van der Waals surface area (Å²) in [7, 11) is 0. The predicted octanol–water partition coefficient (Wildman–Crippen LogP) is 3.07.